The van der Waals surface area contributed by atoms with Gasteiger partial charge in [0.25, 0.3) is 0 Å². The van der Waals surface area contributed by atoms with Crippen LogP contribution < -0.4 is 5.32 Å². The Hall–Kier alpha value is -2.29. The van der Waals surface area contributed by atoms with Crippen molar-refractivity contribution in [2.24, 2.45) is 0 Å². The Labute approximate surface area is 129 Å². The van der Waals surface area contributed by atoms with Gasteiger partial charge in [-0.25, -0.2) is 0 Å². The van der Waals surface area contributed by atoms with E-state index in [0.29, 0.717) is 6.42 Å². The van der Waals surface area contributed by atoms with Gasteiger partial charge in [-0.15, -0.1) is 0 Å². The van der Waals surface area contributed by atoms with Gasteiger partial charge in [-0.2, -0.15) is 0 Å². The second kappa shape index (κ2) is 5.16. The van der Waals surface area contributed by atoms with Crippen molar-refractivity contribution in [3.63, 3.8) is 0 Å². The Balaban J connectivity index is 2.09. The van der Waals surface area contributed by atoms with E-state index in [4.69, 9.17) is 0 Å². The van der Waals surface area contributed by atoms with Crippen LogP contribution in [-0.2, 0) is 13.0 Å². The Morgan fingerprint density at radius 1 is 1.14 bits per heavy atom. The maximum atomic E-state index is 12.7. The number of para-hydroxylation sites is 1. The zero-order chi connectivity index (χ0) is 15.1. The molecule has 0 amide bonds. The van der Waals surface area contributed by atoms with E-state index in [9.17, 15) is 4.39 Å². The van der Waals surface area contributed by atoms with Gasteiger partial charge in [0, 0.05) is 46.2 Å². The molecule has 22 heavy (non-hydrogen) atoms. The smallest absolute Gasteiger partial charge is 0.0911 e. The zero-order valence-corrected chi connectivity index (χ0v) is 12.5. The molecular weight excluding hydrogens is 275 g/mol. The topological polar surface area (TPSA) is 17.0 Å². The van der Waals surface area contributed by atoms with Crippen LogP contribution in [0.4, 0.5) is 4.39 Å². The largest absolute Gasteiger partial charge is 0.385 e. The van der Waals surface area contributed by atoms with E-state index in [1.807, 2.05) is 0 Å². The number of hydrogen-bond donors (Lipinski definition) is 1. The third-order valence-corrected chi connectivity index (χ3v) is 4.60. The first-order valence-corrected chi connectivity index (χ1v) is 7.83. The molecule has 0 bridgehead atoms. The van der Waals surface area contributed by atoms with Crippen molar-refractivity contribution in [2.45, 2.75) is 19.4 Å². The van der Waals surface area contributed by atoms with Gasteiger partial charge >= 0.3 is 0 Å². The minimum absolute atomic E-state index is 0.278. The fourth-order valence-corrected chi connectivity index (χ4v) is 3.65. The van der Waals surface area contributed by atoms with Crippen LogP contribution in [0.15, 0.2) is 43.0 Å². The first-order chi connectivity index (χ1) is 10.8. The van der Waals surface area contributed by atoms with Crippen LogP contribution in [0.3, 0.4) is 0 Å². The second-order valence-electron chi connectivity index (χ2n) is 5.85. The first-order valence-electron chi connectivity index (χ1n) is 7.83. The summed E-state index contributed by atoms with van der Waals surface area (Å²) >= 11 is 0. The summed E-state index contributed by atoms with van der Waals surface area (Å²) in [6.45, 7) is 5.50. The number of halogens is 1. The summed E-state index contributed by atoms with van der Waals surface area (Å²) in [5.41, 5.74) is 6.00. The van der Waals surface area contributed by atoms with Crippen LogP contribution in [0, 0.1) is 0 Å². The third kappa shape index (κ3) is 1.85. The molecule has 0 saturated heterocycles. The SMILES string of the molecule is C=C1NCCc2c1ccc1c2c2ccccc2n1CCCF. The molecule has 1 aliphatic heterocycles. The number of hydrogen-bond acceptors (Lipinski definition) is 1. The summed E-state index contributed by atoms with van der Waals surface area (Å²) in [4.78, 5) is 0. The van der Waals surface area contributed by atoms with Crippen LogP contribution in [0.2, 0.25) is 0 Å². The first kappa shape index (κ1) is 13.4. The van der Waals surface area contributed by atoms with Crippen LogP contribution in [0.5, 0.6) is 0 Å². The average molecular weight is 294 g/mol. The van der Waals surface area contributed by atoms with Gasteiger partial charge in [0.1, 0.15) is 0 Å². The summed E-state index contributed by atoms with van der Waals surface area (Å²) in [5.74, 6) is 0. The minimum Gasteiger partial charge on any atom is -0.385 e. The number of nitrogens with one attached hydrogen (secondary N) is 1. The summed E-state index contributed by atoms with van der Waals surface area (Å²) < 4.78 is 14.9. The van der Waals surface area contributed by atoms with E-state index in [0.717, 1.165) is 25.2 Å². The minimum atomic E-state index is -0.278. The van der Waals surface area contributed by atoms with Crippen LogP contribution in [-0.4, -0.2) is 17.8 Å². The van der Waals surface area contributed by atoms with E-state index in [-0.39, 0.29) is 6.67 Å². The number of alkyl halides is 1. The highest BCUT2D eigenvalue weighted by Crippen LogP contribution is 2.36. The molecule has 0 atom stereocenters. The Morgan fingerprint density at radius 3 is 2.86 bits per heavy atom. The van der Waals surface area contributed by atoms with Crippen molar-refractivity contribution in [1.29, 1.82) is 0 Å². The van der Waals surface area contributed by atoms with Crippen LogP contribution in [0.25, 0.3) is 27.5 Å². The van der Waals surface area contributed by atoms with Crippen molar-refractivity contribution >= 4 is 27.5 Å². The molecule has 1 aromatic heterocycles. The van der Waals surface area contributed by atoms with E-state index in [1.165, 1.54) is 32.9 Å². The summed E-state index contributed by atoms with van der Waals surface area (Å²) in [7, 11) is 0. The molecule has 112 valence electrons. The van der Waals surface area contributed by atoms with E-state index in [1.54, 1.807) is 0 Å². The lowest BCUT2D eigenvalue weighted by molar-refractivity contribution is 0.452. The van der Waals surface area contributed by atoms with E-state index in [2.05, 4.69) is 52.9 Å². The van der Waals surface area contributed by atoms with Gasteiger partial charge in [-0.3, -0.25) is 4.39 Å². The van der Waals surface area contributed by atoms with E-state index >= 15 is 0 Å². The predicted molar refractivity (Wildman–Crippen MR) is 90.8 cm³/mol. The molecule has 2 heterocycles. The van der Waals surface area contributed by atoms with Gasteiger partial charge in [0.15, 0.2) is 0 Å². The summed E-state index contributed by atoms with van der Waals surface area (Å²) in [5, 5.41) is 5.92. The van der Waals surface area contributed by atoms with E-state index < -0.39 is 0 Å². The predicted octanol–water partition coefficient (Wildman–Crippen LogP) is 4.27. The standard InChI is InChI=1S/C19H19FN2/c1-13-14-7-8-18-19(15(14)9-11-21-13)16-5-2-3-6-17(16)22(18)12-4-10-20/h2-3,5-8,21H,1,4,9-12H2. The van der Waals surface area contributed by atoms with Gasteiger partial charge in [-0.1, -0.05) is 30.8 Å². The van der Waals surface area contributed by atoms with Gasteiger partial charge in [-0.05, 0) is 30.5 Å². The van der Waals surface area contributed by atoms with Crippen molar-refractivity contribution in [3.05, 3.63) is 54.1 Å². The van der Waals surface area contributed by atoms with Gasteiger partial charge < -0.3 is 9.88 Å². The lowest BCUT2D eigenvalue weighted by atomic mass is 9.94. The number of benzene rings is 2. The highest BCUT2D eigenvalue weighted by Gasteiger charge is 2.19. The lowest BCUT2D eigenvalue weighted by Gasteiger charge is -2.21. The molecule has 0 spiro atoms. The normalized spacial score (nSPS) is 14.3. The number of nitrogens with zero attached hydrogens (tertiary/aromatic N) is 1. The molecule has 3 heteroatoms. The molecule has 4 rings (SSSR count). The van der Waals surface area contributed by atoms with Crippen molar-refractivity contribution in [2.75, 3.05) is 13.2 Å². The fourth-order valence-electron chi connectivity index (χ4n) is 3.65. The number of aromatic nitrogens is 1. The Kier molecular flexibility index (Phi) is 3.14. The monoisotopic (exact) mass is 294 g/mol. The molecular formula is C19H19FN2. The zero-order valence-electron chi connectivity index (χ0n) is 12.5. The molecule has 0 unspecified atom stereocenters. The molecule has 2 nitrogen and oxygen atoms in total. The molecule has 0 fully saturated rings. The van der Waals surface area contributed by atoms with Gasteiger partial charge in [0.2, 0.25) is 0 Å². The quantitative estimate of drug-likeness (QED) is 0.763. The second-order valence-corrected chi connectivity index (χ2v) is 5.85. The number of aryl methyl sites for hydroxylation is 1. The fraction of sp³-hybridized carbons (Fsp3) is 0.263. The van der Waals surface area contributed by atoms with Crippen molar-refractivity contribution in [1.82, 2.24) is 9.88 Å². The lowest BCUT2D eigenvalue weighted by Crippen LogP contribution is -2.22. The highest BCUT2D eigenvalue weighted by molar-refractivity contribution is 6.11. The molecule has 0 aliphatic carbocycles. The highest BCUT2D eigenvalue weighted by atomic mass is 19.1. The summed E-state index contributed by atoms with van der Waals surface area (Å²) in [6, 6.07) is 12.8. The number of rotatable bonds is 3. The van der Waals surface area contributed by atoms with Crippen LogP contribution in [0.1, 0.15) is 17.5 Å². The Morgan fingerprint density at radius 2 is 2.00 bits per heavy atom. The Bertz CT molecular complexity index is 876. The van der Waals surface area contributed by atoms with Crippen molar-refractivity contribution in [3.8, 4) is 0 Å². The maximum Gasteiger partial charge on any atom is 0.0911 e. The third-order valence-electron chi connectivity index (χ3n) is 4.60. The molecule has 1 aliphatic rings. The van der Waals surface area contributed by atoms with Gasteiger partial charge in [0.05, 0.1) is 6.67 Å². The number of fused-ring (bicyclic) bond motifs is 5. The van der Waals surface area contributed by atoms with Crippen molar-refractivity contribution < 1.29 is 4.39 Å². The molecule has 2 aromatic carbocycles. The molecule has 0 saturated carbocycles. The van der Waals surface area contributed by atoms with Crippen LogP contribution >= 0.6 is 0 Å². The molecule has 1 N–H and O–H groups in total. The molecule has 0 radical (unpaired) electrons. The molecule has 3 aromatic rings. The maximum absolute atomic E-state index is 12.7. The average Bonchev–Trinajstić information content (AvgIpc) is 2.87. The summed E-state index contributed by atoms with van der Waals surface area (Å²) in [6.07, 6.45) is 1.56.